The highest BCUT2D eigenvalue weighted by molar-refractivity contribution is 6.14. The van der Waals surface area contributed by atoms with Crippen LogP contribution >= 0.6 is 0 Å². The molecule has 218 valence electrons. The van der Waals surface area contributed by atoms with Crippen LogP contribution in [0.5, 0.6) is 23.0 Å². The van der Waals surface area contributed by atoms with Gasteiger partial charge in [-0.1, -0.05) is 18.2 Å². The molecule has 4 saturated heterocycles. The van der Waals surface area contributed by atoms with E-state index in [2.05, 4.69) is 0 Å². The lowest BCUT2D eigenvalue weighted by atomic mass is 9.96. The minimum absolute atomic E-state index is 0.0139. The van der Waals surface area contributed by atoms with Crippen molar-refractivity contribution in [1.82, 2.24) is 0 Å². The number of hydrogen-bond acceptors (Lipinski definition) is 10. The SMILES string of the molecule is O=C(c1cccc(C(=O)c2ccc(OCC3CO3)cc2OCC2CO2)c1)c1ccc(OCC2CO2)cc1OCC1CO1. The van der Waals surface area contributed by atoms with E-state index >= 15 is 0 Å². The van der Waals surface area contributed by atoms with Gasteiger partial charge in [-0.15, -0.1) is 0 Å². The van der Waals surface area contributed by atoms with Crippen LogP contribution in [0.3, 0.4) is 0 Å². The van der Waals surface area contributed by atoms with Gasteiger partial charge in [0.2, 0.25) is 0 Å². The summed E-state index contributed by atoms with van der Waals surface area (Å²) in [5.74, 6) is 1.40. The van der Waals surface area contributed by atoms with E-state index in [1.807, 2.05) is 0 Å². The number of hydrogen-bond donors (Lipinski definition) is 0. The minimum Gasteiger partial charge on any atom is -0.491 e. The highest BCUT2D eigenvalue weighted by Crippen LogP contribution is 2.31. The third-order valence-corrected chi connectivity index (χ3v) is 7.11. The summed E-state index contributed by atoms with van der Waals surface area (Å²) in [6, 6.07) is 16.9. The summed E-state index contributed by atoms with van der Waals surface area (Å²) in [5, 5.41) is 0. The Labute approximate surface area is 242 Å². The Morgan fingerprint density at radius 2 is 0.929 bits per heavy atom. The zero-order valence-corrected chi connectivity index (χ0v) is 22.8. The Bertz CT molecular complexity index is 1360. The summed E-state index contributed by atoms with van der Waals surface area (Å²) in [6.45, 7) is 4.16. The molecule has 0 amide bonds. The van der Waals surface area contributed by atoms with Gasteiger partial charge >= 0.3 is 0 Å². The van der Waals surface area contributed by atoms with Crippen LogP contribution < -0.4 is 18.9 Å². The molecule has 4 aliphatic heterocycles. The molecule has 0 spiro atoms. The summed E-state index contributed by atoms with van der Waals surface area (Å²) >= 11 is 0. The second-order valence-corrected chi connectivity index (χ2v) is 10.6. The zero-order valence-electron chi connectivity index (χ0n) is 22.8. The molecule has 7 rings (SSSR count). The first-order chi connectivity index (χ1) is 20.6. The Morgan fingerprint density at radius 1 is 0.548 bits per heavy atom. The van der Waals surface area contributed by atoms with Gasteiger partial charge in [0.05, 0.1) is 37.6 Å². The monoisotopic (exact) mass is 574 g/mol. The van der Waals surface area contributed by atoms with Gasteiger partial charge in [0.1, 0.15) is 73.8 Å². The van der Waals surface area contributed by atoms with Gasteiger partial charge in [0, 0.05) is 23.3 Å². The minimum atomic E-state index is -0.276. The Morgan fingerprint density at radius 3 is 1.31 bits per heavy atom. The fraction of sp³-hybridized carbons (Fsp3) is 0.375. The molecular formula is C32H30O10. The van der Waals surface area contributed by atoms with Gasteiger partial charge in [0.25, 0.3) is 0 Å². The van der Waals surface area contributed by atoms with Crippen molar-refractivity contribution >= 4 is 11.6 Å². The fourth-order valence-corrected chi connectivity index (χ4v) is 4.31. The Kier molecular flexibility index (Phi) is 7.52. The number of carbonyl (C=O) groups excluding carboxylic acids is 2. The summed E-state index contributed by atoms with van der Waals surface area (Å²) in [5.41, 5.74) is 1.44. The maximum atomic E-state index is 13.7. The van der Waals surface area contributed by atoms with E-state index in [0.717, 1.165) is 0 Å². The molecule has 0 N–H and O–H groups in total. The van der Waals surface area contributed by atoms with Crippen molar-refractivity contribution < 1.29 is 47.5 Å². The Balaban J connectivity index is 1.12. The van der Waals surface area contributed by atoms with Crippen LogP contribution in [0.15, 0.2) is 60.7 Å². The van der Waals surface area contributed by atoms with Crippen molar-refractivity contribution in [3.8, 4) is 23.0 Å². The summed E-state index contributed by atoms with van der Waals surface area (Å²) in [4.78, 5) is 27.4. The smallest absolute Gasteiger partial charge is 0.196 e. The first-order valence-electron chi connectivity index (χ1n) is 14.0. The molecule has 4 fully saturated rings. The molecule has 42 heavy (non-hydrogen) atoms. The van der Waals surface area contributed by atoms with Crippen molar-refractivity contribution in [3.05, 3.63) is 82.9 Å². The average molecular weight is 575 g/mol. The van der Waals surface area contributed by atoms with Crippen LogP contribution in [0.2, 0.25) is 0 Å². The lowest BCUT2D eigenvalue weighted by Crippen LogP contribution is -2.12. The van der Waals surface area contributed by atoms with Gasteiger partial charge in [0.15, 0.2) is 11.6 Å². The molecule has 0 bridgehead atoms. The van der Waals surface area contributed by atoms with E-state index in [-0.39, 0.29) is 36.0 Å². The molecule has 4 aliphatic rings. The van der Waals surface area contributed by atoms with Crippen LogP contribution in [-0.4, -0.2) is 88.8 Å². The van der Waals surface area contributed by atoms with E-state index in [9.17, 15) is 9.59 Å². The fourth-order valence-electron chi connectivity index (χ4n) is 4.31. The third kappa shape index (κ3) is 6.91. The van der Waals surface area contributed by atoms with Gasteiger partial charge in [-0.05, 0) is 30.3 Å². The number of benzene rings is 3. The number of carbonyl (C=O) groups is 2. The largest absolute Gasteiger partial charge is 0.491 e. The normalized spacial score (nSPS) is 23.0. The summed E-state index contributed by atoms with van der Waals surface area (Å²) in [7, 11) is 0. The molecule has 0 aromatic heterocycles. The maximum Gasteiger partial charge on any atom is 0.196 e. The van der Waals surface area contributed by atoms with E-state index in [0.29, 0.717) is 98.1 Å². The molecule has 10 heteroatoms. The molecule has 0 aliphatic carbocycles. The number of rotatable bonds is 16. The van der Waals surface area contributed by atoms with Crippen LogP contribution in [0.4, 0.5) is 0 Å². The molecule has 4 atom stereocenters. The van der Waals surface area contributed by atoms with Crippen molar-refractivity contribution in [2.45, 2.75) is 24.4 Å². The van der Waals surface area contributed by atoms with E-state index in [1.54, 1.807) is 60.7 Å². The first kappa shape index (κ1) is 26.9. The topological polar surface area (TPSA) is 121 Å². The quantitative estimate of drug-likeness (QED) is 0.186. The van der Waals surface area contributed by atoms with Crippen LogP contribution in [0.1, 0.15) is 31.8 Å². The lowest BCUT2D eigenvalue weighted by Gasteiger charge is -2.14. The number of ether oxygens (including phenoxy) is 8. The van der Waals surface area contributed by atoms with E-state index < -0.39 is 0 Å². The molecule has 3 aromatic carbocycles. The number of epoxide rings is 4. The van der Waals surface area contributed by atoms with Crippen molar-refractivity contribution in [3.63, 3.8) is 0 Å². The maximum absolute atomic E-state index is 13.7. The van der Waals surface area contributed by atoms with Gasteiger partial charge < -0.3 is 37.9 Å². The van der Waals surface area contributed by atoms with Gasteiger partial charge in [-0.3, -0.25) is 9.59 Å². The summed E-state index contributed by atoms with van der Waals surface area (Å²) in [6.07, 6.45) is 0.231. The molecular weight excluding hydrogens is 544 g/mol. The zero-order chi connectivity index (χ0) is 28.5. The molecule has 4 unspecified atom stereocenters. The van der Waals surface area contributed by atoms with Gasteiger partial charge in [-0.25, -0.2) is 0 Å². The highest BCUT2D eigenvalue weighted by atomic mass is 16.6. The summed E-state index contributed by atoms with van der Waals surface area (Å²) < 4.78 is 44.5. The standard InChI is InChI=1S/C32H30O10/c33-31(27-6-4-21(35-11-23-13-37-23)9-29(27)41-17-25-15-39-25)19-2-1-3-20(8-19)32(34)28-7-5-22(36-12-24-14-38-24)10-30(28)42-18-26-16-40-26/h1-10,23-26H,11-18H2. The third-order valence-electron chi connectivity index (χ3n) is 7.11. The Hall–Kier alpha value is -3.96. The van der Waals surface area contributed by atoms with E-state index in [4.69, 9.17) is 37.9 Å². The lowest BCUT2D eigenvalue weighted by molar-refractivity contribution is 0.103. The van der Waals surface area contributed by atoms with Gasteiger partial charge in [-0.2, -0.15) is 0 Å². The first-order valence-corrected chi connectivity index (χ1v) is 14.0. The van der Waals surface area contributed by atoms with Crippen LogP contribution in [0.25, 0.3) is 0 Å². The van der Waals surface area contributed by atoms with Crippen LogP contribution in [0, 0.1) is 0 Å². The highest BCUT2D eigenvalue weighted by Gasteiger charge is 2.28. The second-order valence-electron chi connectivity index (χ2n) is 10.6. The predicted octanol–water partition coefficient (Wildman–Crippen LogP) is 3.26. The van der Waals surface area contributed by atoms with Crippen molar-refractivity contribution in [2.24, 2.45) is 0 Å². The van der Waals surface area contributed by atoms with Crippen molar-refractivity contribution in [2.75, 3.05) is 52.9 Å². The molecule has 0 radical (unpaired) electrons. The molecule has 3 aromatic rings. The van der Waals surface area contributed by atoms with E-state index in [1.165, 1.54) is 0 Å². The molecule has 10 nitrogen and oxygen atoms in total. The van der Waals surface area contributed by atoms with Crippen LogP contribution in [-0.2, 0) is 18.9 Å². The molecule has 4 heterocycles. The predicted molar refractivity (Wildman–Crippen MR) is 147 cm³/mol. The number of ketones is 2. The second kappa shape index (κ2) is 11.7. The molecule has 0 saturated carbocycles. The average Bonchev–Trinajstić information content (AvgIpc) is 3.85. The van der Waals surface area contributed by atoms with Crippen molar-refractivity contribution in [1.29, 1.82) is 0 Å².